The number of nitrogens with zero attached hydrogens (tertiary/aromatic N) is 1. The summed E-state index contributed by atoms with van der Waals surface area (Å²) in [6.45, 7) is 3.85. The van der Waals surface area contributed by atoms with Gasteiger partial charge in [0.2, 0.25) is 6.79 Å². The van der Waals surface area contributed by atoms with Crippen molar-refractivity contribution in [2.45, 2.75) is 19.9 Å². The van der Waals surface area contributed by atoms with Crippen molar-refractivity contribution in [3.8, 4) is 11.5 Å². The van der Waals surface area contributed by atoms with Crippen molar-refractivity contribution in [3.05, 3.63) is 46.2 Å². The van der Waals surface area contributed by atoms with Crippen molar-refractivity contribution in [3.63, 3.8) is 0 Å². The Kier molecular flexibility index (Phi) is 5.52. The first-order valence-electron chi connectivity index (χ1n) is 8.11. The number of rotatable bonds is 6. The topological polar surface area (TPSA) is 89.0 Å². The van der Waals surface area contributed by atoms with Crippen molar-refractivity contribution in [2.24, 2.45) is 11.0 Å². The SMILES string of the molecule is CC(C)[C@@H](NC(=O)c1ccc2c(c1)OCO2)C(=O)N/N=C\c1cccs1. The van der Waals surface area contributed by atoms with E-state index in [-0.39, 0.29) is 24.5 Å². The lowest BCUT2D eigenvalue weighted by Crippen LogP contribution is -2.48. The molecule has 1 atom stereocenters. The van der Waals surface area contributed by atoms with Crippen LogP contribution in [-0.2, 0) is 4.79 Å². The van der Waals surface area contributed by atoms with Gasteiger partial charge in [-0.3, -0.25) is 9.59 Å². The summed E-state index contributed by atoms with van der Waals surface area (Å²) in [5.74, 6) is 0.276. The summed E-state index contributed by atoms with van der Waals surface area (Å²) in [4.78, 5) is 25.8. The van der Waals surface area contributed by atoms with E-state index in [4.69, 9.17) is 9.47 Å². The number of hydrazone groups is 1. The van der Waals surface area contributed by atoms with Gasteiger partial charge in [0.1, 0.15) is 6.04 Å². The maximum atomic E-state index is 12.5. The van der Waals surface area contributed by atoms with E-state index in [0.717, 1.165) is 4.88 Å². The third kappa shape index (κ3) is 4.20. The third-order valence-corrected chi connectivity index (χ3v) is 4.59. The van der Waals surface area contributed by atoms with Crippen molar-refractivity contribution in [1.29, 1.82) is 0 Å². The number of hydrogen-bond acceptors (Lipinski definition) is 6. The van der Waals surface area contributed by atoms with Crippen LogP contribution in [-0.4, -0.2) is 30.9 Å². The second-order valence-electron chi connectivity index (χ2n) is 6.01. The number of fused-ring (bicyclic) bond motifs is 1. The third-order valence-electron chi connectivity index (χ3n) is 3.78. The van der Waals surface area contributed by atoms with Crippen LogP contribution >= 0.6 is 11.3 Å². The highest BCUT2D eigenvalue weighted by Crippen LogP contribution is 2.32. The molecule has 26 heavy (non-hydrogen) atoms. The Hall–Kier alpha value is -2.87. The predicted octanol–water partition coefficient (Wildman–Crippen LogP) is 2.38. The average molecular weight is 373 g/mol. The Morgan fingerprint density at radius 2 is 2.04 bits per heavy atom. The van der Waals surface area contributed by atoms with Crippen LogP contribution in [0.3, 0.4) is 0 Å². The lowest BCUT2D eigenvalue weighted by atomic mass is 10.0. The van der Waals surface area contributed by atoms with Gasteiger partial charge in [0.05, 0.1) is 6.21 Å². The van der Waals surface area contributed by atoms with Gasteiger partial charge in [-0.2, -0.15) is 5.10 Å². The molecule has 0 aliphatic carbocycles. The van der Waals surface area contributed by atoms with Crippen molar-refractivity contribution >= 4 is 29.4 Å². The van der Waals surface area contributed by atoms with Gasteiger partial charge in [0.25, 0.3) is 11.8 Å². The average Bonchev–Trinajstić information content (AvgIpc) is 3.29. The van der Waals surface area contributed by atoms with Gasteiger partial charge in [0, 0.05) is 10.4 Å². The van der Waals surface area contributed by atoms with E-state index in [0.29, 0.717) is 17.1 Å². The lowest BCUT2D eigenvalue weighted by molar-refractivity contribution is -0.123. The van der Waals surface area contributed by atoms with Crippen molar-refractivity contribution in [1.82, 2.24) is 10.7 Å². The normalized spacial score (nSPS) is 13.8. The zero-order valence-electron chi connectivity index (χ0n) is 14.4. The largest absolute Gasteiger partial charge is 0.454 e. The Labute approximate surface area is 155 Å². The Balaban J connectivity index is 1.64. The molecule has 8 heteroatoms. The van der Waals surface area contributed by atoms with Gasteiger partial charge in [-0.15, -0.1) is 11.3 Å². The molecule has 1 aromatic heterocycles. The summed E-state index contributed by atoms with van der Waals surface area (Å²) in [5.41, 5.74) is 2.88. The number of thiophene rings is 1. The minimum absolute atomic E-state index is 0.107. The number of carbonyl (C=O) groups excluding carboxylic acids is 2. The summed E-state index contributed by atoms with van der Waals surface area (Å²) >= 11 is 1.51. The van der Waals surface area contributed by atoms with E-state index in [1.807, 2.05) is 31.4 Å². The molecule has 1 aromatic carbocycles. The number of nitrogens with one attached hydrogen (secondary N) is 2. The second-order valence-corrected chi connectivity index (χ2v) is 6.99. The summed E-state index contributed by atoms with van der Waals surface area (Å²) in [5, 5.41) is 8.61. The Bertz CT molecular complexity index is 818. The first-order valence-corrected chi connectivity index (χ1v) is 8.99. The first-order chi connectivity index (χ1) is 12.5. The molecule has 0 unspecified atom stereocenters. The number of hydrogen-bond donors (Lipinski definition) is 2. The number of ether oxygens (including phenoxy) is 2. The smallest absolute Gasteiger partial charge is 0.262 e. The van der Waals surface area contributed by atoms with Crippen LogP contribution in [0.4, 0.5) is 0 Å². The zero-order chi connectivity index (χ0) is 18.5. The number of amides is 2. The maximum Gasteiger partial charge on any atom is 0.262 e. The minimum Gasteiger partial charge on any atom is -0.454 e. The monoisotopic (exact) mass is 373 g/mol. The van der Waals surface area contributed by atoms with Gasteiger partial charge in [-0.25, -0.2) is 5.43 Å². The molecule has 2 N–H and O–H groups in total. The van der Waals surface area contributed by atoms with E-state index >= 15 is 0 Å². The van der Waals surface area contributed by atoms with E-state index in [1.165, 1.54) is 11.3 Å². The zero-order valence-corrected chi connectivity index (χ0v) is 15.2. The molecular weight excluding hydrogens is 354 g/mol. The molecule has 1 aliphatic rings. The Morgan fingerprint density at radius 3 is 2.77 bits per heavy atom. The van der Waals surface area contributed by atoms with Gasteiger partial charge in [-0.05, 0) is 35.6 Å². The Morgan fingerprint density at radius 1 is 1.23 bits per heavy atom. The molecule has 0 saturated heterocycles. The molecule has 0 saturated carbocycles. The van der Waals surface area contributed by atoms with E-state index in [9.17, 15) is 9.59 Å². The molecule has 0 fully saturated rings. The van der Waals surface area contributed by atoms with Gasteiger partial charge in [-0.1, -0.05) is 19.9 Å². The van der Waals surface area contributed by atoms with Crippen molar-refractivity contribution < 1.29 is 19.1 Å². The molecule has 1 aliphatic heterocycles. The fourth-order valence-corrected chi connectivity index (χ4v) is 2.98. The van der Waals surface area contributed by atoms with E-state index in [1.54, 1.807) is 24.4 Å². The minimum atomic E-state index is -0.714. The molecule has 7 nitrogen and oxygen atoms in total. The van der Waals surface area contributed by atoms with E-state index in [2.05, 4.69) is 15.8 Å². The first kappa shape index (κ1) is 17.9. The quantitative estimate of drug-likeness (QED) is 0.601. The second kappa shape index (κ2) is 8.01. The van der Waals surface area contributed by atoms with Crippen LogP contribution in [0.25, 0.3) is 0 Å². The van der Waals surface area contributed by atoms with Gasteiger partial charge < -0.3 is 14.8 Å². The van der Waals surface area contributed by atoms with Gasteiger partial charge >= 0.3 is 0 Å². The predicted molar refractivity (Wildman–Crippen MR) is 98.7 cm³/mol. The van der Waals surface area contributed by atoms with Crippen LogP contribution in [0.5, 0.6) is 11.5 Å². The molecule has 0 bridgehead atoms. The fourth-order valence-electron chi connectivity index (χ4n) is 2.39. The van der Waals surface area contributed by atoms with Crippen LogP contribution in [0.1, 0.15) is 29.1 Å². The summed E-state index contributed by atoms with van der Waals surface area (Å²) in [6, 6.07) is 7.98. The highest BCUT2D eigenvalue weighted by Gasteiger charge is 2.25. The molecule has 136 valence electrons. The van der Waals surface area contributed by atoms with Crippen LogP contribution in [0.2, 0.25) is 0 Å². The van der Waals surface area contributed by atoms with Gasteiger partial charge in [0.15, 0.2) is 11.5 Å². The summed E-state index contributed by atoms with van der Waals surface area (Å²) in [6.07, 6.45) is 1.57. The van der Waals surface area contributed by atoms with E-state index < -0.39 is 6.04 Å². The highest BCUT2D eigenvalue weighted by atomic mass is 32.1. The standard InChI is InChI=1S/C18H19N3O4S/c1-11(2)16(18(23)21-19-9-13-4-3-7-26-13)20-17(22)12-5-6-14-15(8-12)25-10-24-14/h3-9,11,16H,10H2,1-2H3,(H,20,22)(H,21,23)/b19-9-/t16-/m1/s1. The molecule has 2 amide bonds. The van der Waals surface area contributed by atoms with Crippen LogP contribution < -0.4 is 20.2 Å². The maximum absolute atomic E-state index is 12.5. The molecular formula is C18H19N3O4S. The number of benzene rings is 1. The summed E-state index contributed by atoms with van der Waals surface area (Å²) < 4.78 is 10.5. The molecule has 2 heterocycles. The lowest BCUT2D eigenvalue weighted by Gasteiger charge is -2.20. The van der Waals surface area contributed by atoms with Crippen LogP contribution in [0.15, 0.2) is 40.8 Å². The molecule has 0 spiro atoms. The molecule has 3 rings (SSSR count). The molecule has 0 radical (unpaired) electrons. The molecule has 2 aromatic rings. The number of carbonyl (C=O) groups is 2. The van der Waals surface area contributed by atoms with Crippen molar-refractivity contribution in [2.75, 3.05) is 6.79 Å². The highest BCUT2D eigenvalue weighted by molar-refractivity contribution is 7.11. The fraction of sp³-hybridized carbons (Fsp3) is 0.278. The van der Waals surface area contributed by atoms with Crippen LogP contribution in [0, 0.1) is 5.92 Å². The summed E-state index contributed by atoms with van der Waals surface area (Å²) in [7, 11) is 0.